The van der Waals surface area contributed by atoms with Crippen LogP contribution in [0.4, 0.5) is 0 Å². The van der Waals surface area contributed by atoms with Gasteiger partial charge in [-0.25, -0.2) is 0 Å². The van der Waals surface area contributed by atoms with Crippen molar-refractivity contribution < 1.29 is 4.79 Å². The molecule has 106 valence electrons. The van der Waals surface area contributed by atoms with Crippen LogP contribution in [0.1, 0.15) is 20.3 Å². The van der Waals surface area contributed by atoms with E-state index >= 15 is 0 Å². The van der Waals surface area contributed by atoms with E-state index in [4.69, 9.17) is 0 Å². The quantitative estimate of drug-likeness (QED) is 0.751. The highest BCUT2D eigenvalue weighted by Crippen LogP contribution is 2.14. The summed E-state index contributed by atoms with van der Waals surface area (Å²) in [6.45, 7) is 7.10. The molecule has 1 unspecified atom stereocenters. The lowest BCUT2D eigenvalue weighted by Gasteiger charge is -2.29. The molecular formula is C13H27N3OS. The molecule has 1 amide bonds. The Labute approximate surface area is 115 Å². The van der Waals surface area contributed by atoms with E-state index in [9.17, 15) is 4.79 Å². The number of hydrogen-bond acceptors (Lipinski definition) is 4. The van der Waals surface area contributed by atoms with Gasteiger partial charge in [0.25, 0.3) is 0 Å². The smallest absolute Gasteiger partial charge is 0.221 e. The van der Waals surface area contributed by atoms with Crippen molar-refractivity contribution in [2.75, 3.05) is 45.2 Å². The Morgan fingerprint density at radius 2 is 2.22 bits per heavy atom. The molecule has 18 heavy (non-hydrogen) atoms. The zero-order valence-electron chi connectivity index (χ0n) is 12.1. The summed E-state index contributed by atoms with van der Waals surface area (Å²) in [6.07, 6.45) is 0.602. The molecule has 4 nitrogen and oxygen atoms in total. The Balaban J connectivity index is 2.23. The highest BCUT2D eigenvalue weighted by molar-refractivity contribution is 7.99. The molecule has 0 aliphatic carbocycles. The van der Waals surface area contributed by atoms with Crippen molar-refractivity contribution in [1.29, 1.82) is 0 Å². The second kappa shape index (κ2) is 7.36. The molecule has 1 fully saturated rings. The van der Waals surface area contributed by atoms with Crippen molar-refractivity contribution in [1.82, 2.24) is 15.5 Å². The van der Waals surface area contributed by atoms with E-state index in [-0.39, 0.29) is 11.3 Å². The van der Waals surface area contributed by atoms with Gasteiger partial charge in [-0.3, -0.25) is 4.79 Å². The van der Waals surface area contributed by atoms with Crippen molar-refractivity contribution in [2.24, 2.45) is 5.41 Å². The summed E-state index contributed by atoms with van der Waals surface area (Å²) in [5, 5.41) is 6.45. The van der Waals surface area contributed by atoms with Crippen LogP contribution in [-0.4, -0.2) is 62.1 Å². The maximum atomic E-state index is 11.9. The first kappa shape index (κ1) is 15.8. The minimum atomic E-state index is 0.119. The van der Waals surface area contributed by atoms with Gasteiger partial charge in [-0.1, -0.05) is 13.8 Å². The van der Waals surface area contributed by atoms with Crippen LogP contribution < -0.4 is 10.6 Å². The first-order chi connectivity index (χ1) is 8.39. The first-order valence-electron chi connectivity index (χ1n) is 6.62. The van der Waals surface area contributed by atoms with Crippen LogP contribution >= 0.6 is 11.8 Å². The van der Waals surface area contributed by atoms with Crippen LogP contribution in [0.2, 0.25) is 0 Å². The minimum Gasteiger partial charge on any atom is -0.355 e. The highest BCUT2D eigenvalue weighted by Gasteiger charge is 2.21. The van der Waals surface area contributed by atoms with Gasteiger partial charge in [-0.05, 0) is 19.5 Å². The number of nitrogens with zero attached hydrogens (tertiary/aromatic N) is 1. The van der Waals surface area contributed by atoms with E-state index in [0.717, 1.165) is 31.1 Å². The highest BCUT2D eigenvalue weighted by atomic mass is 32.2. The largest absolute Gasteiger partial charge is 0.355 e. The van der Waals surface area contributed by atoms with E-state index < -0.39 is 0 Å². The molecule has 1 aliphatic rings. The predicted molar refractivity (Wildman–Crippen MR) is 79.1 cm³/mol. The zero-order valence-corrected chi connectivity index (χ0v) is 12.9. The number of thioether (sulfide) groups is 1. The summed E-state index contributed by atoms with van der Waals surface area (Å²) < 4.78 is 0. The van der Waals surface area contributed by atoms with E-state index in [1.54, 1.807) is 0 Å². The van der Waals surface area contributed by atoms with Crippen molar-refractivity contribution in [3.05, 3.63) is 0 Å². The summed E-state index contributed by atoms with van der Waals surface area (Å²) in [4.78, 5) is 14.0. The Kier molecular flexibility index (Phi) is 6.46. The monoisotopic (exact) mass is 273 g/mol. The number of carbonyl (C=O) groups is 1. The SMILES string of the molecule is CN(C)CC(C)(C)CNC(=O)CC1CSCCN1. The molecule has 0 aromatic carbocycles. The first-order valence-corrected chi connectivity index (χ1v) is 7.77. The van der Waals surface area contributed by atoms with E-state index in [0.29, 0.717) is 12.5 Å². The average molecular weight is 273 g/mol. The molecule has 2 N–H and O–H groups in total. The maximum Gasteiger partial charge on any atom is 0.221 e. The van der Waals surface area contributed by atoms with Crippen molar-refractivity contribution in [2.45, 2.75) is 26.3 Å². The van der Waals surface area contributed by atoms with Gasteiger partial charge in [0.15, 0.2) is 0 Å². The molecule has 1 aliphatic heterocycles. The number of amides is 1. The second-order valence-electron chi connectivity index (χ2n) is 6.11. The van der Waals surface area contributed by atoms with Crippen molar-refractivity contribution in [3.63, 3.8) is 0 Å². The molecule has 1 atom stereocenters. The Morgan fingerprint density at radius 1 is 1.50 bits per heavy atom. The molecule has 5 heteroatoms. The molecular weight excluding hydrogens is 246 g/mol. The van der Waals surface area contributed by atoms with Gasteiger partial charge < -0.3 is 15.5 Å². The van der Waals surface area contributed by atoms with Gasteiger partial charge in [-0.2, -0.15) is 11.8 Å². The third-order valence-electron chi connectivity index (χ3n) is 2.94. The minimum absolute atomic E-state index is 0.119. The Bertz CT molecular complexity index is 263. The van der Waals surface area contributed by atoms with Gasteiger partial charge in [-0.15, -0.1) is 0 Å². The molecule has 1 heterocycles. The Hall–Kier alpha value is -0.260. The maximum absolute atomic E-state index is 11.9. The van der Waals surface area contributed by atoms with Gasteiger partial charge in [0, 0.05) is 43.6 Å². The number of nitrogens with one attached hydrogen (secondary N) is 2. The molecule has 0 aromatic heterocycles. The van der Waals surface area contributed by atoms with Crippen LogP contribution in [-0.2, 0) is 4.79 Å². The fraction of sp³-hybridized carbons (Fsp3) is 0.923. The molecule has 0 aromatic rings. The standard InChI is InChI=1S/C13H27N3OS/c1-13(2,10-16(3)4)9-15-12(17)7-11-8-18-6-5-14-11/h11,14H,5-10H2,1-4H3,(H,15,17). The van der Waals surface area contributed by atoms with Crippen LogP contribution in [0.25, 0.3) is 0 Å². The molecule has 1 rings (SSSR count). The summed E-state index contributed by atoms with van der Waals surface area (Å²) in [5.41, 5.74) is 0.119. The lowest BCUT2D eigenvalue weighted by Crippen LogP contribution is -2.44. The van der Waals surface area contributed by atoms with Gasteiger partial charge in [0.2, 0.25) is 5.91 Å². The van der Waals surface area contributed by atoms with Crippen LogP contribution in [0.15, 0.2) is 0 Å². The van der Waals surface area contributed by atoms with E-state index in [2.05, 4.69) is 43.5 Å². The molecule has 0 spiro atoms. The molecule has 0 bridgehead atoms. The fourth-order valence-corrected chi connectivity index (χ4v) is 3.25. The lowest BCUT2D eigenvalue weighted by molar-refractivity contribution is -0.122. The summed E-state index contributed by atoms with van der Waals surface area (Å²) in [7, 11) is 4.12. The van der Waals surface area contributed by atoms with Crippen LogP contribution in [0.5, 0.6) is 0 Å². The second-order valence-corrected chi connectivity index (χ2v) is 7.26. The normalized spacial score (nSPS) is 21.1. The zero-order chi connectivity index (χ0) is 13.6. The molecule has 0 saturated carbocycles. The number of rotatable bonds is 6. The predicted octanol–water partition coefficient (Wildman–Crippen LogP) is 0.786. The third kappa shape index (κ3) is 6.61. The van der Waals surface area contributed by atoms with E-state index in [1.807, 2.05) is 11.8 Å². The van der Waals surface area contributed by atoms with E-state index in [1.165, 1.54) is 0 Å². The number of hydrogen-bond donors (Lipinski definition) is 2. The topological polar surface area (TPSA) is 44.4 Å². The fourth-order valence-electron chi connectivity index (χ4n) is 2.30. The van der Waals surface area contributed by atoms with Crippen molar-refractivity contribution >= 4 is 17.7 Å². The molecule has 1 saturated heterocycles. The average Bonchev–Trinajstić information content (AvgIpc) is 2.26. The van der Waals surface area contributed by atoms with Crippen LogP contribution in [0.3, 0.4) is 0 Å². The number of carbonyl (C=O) groups excluding carboxylic acids is 1. The summed E-state index contributed by atoms with van der Waals surface area (Å²) in [6, 6.07) is 0.348. The van der Waals surface area contributed by atoms with Gasteiger partial charge >= 0.3 is 0 Å². The summed E-state index contributed by atoms with van der Waals surface area (Å²) >= 11 is 1.93. The van der Waals surface area contributed by atoms with Gasteiger partial charge in [0.1, 0.15) is 0 Å². The Morgan fingerprint density at radius 3 is 2.78 bits per heavy atom. The summed E-state index contributed by atoms with van der Waals surface area (Å²) in [5.74, 6) is 2.38. The van der Waals surface area contributed by atoms with Crippen molar-refractivity contribution in [3.8, 4) is 0 Å². The van der Waals surface area contributed by atoms with Crippen LogP contribution in [0, 0.1) is 5.41 Å². The third-order valence-corrected chi connectivity index (χ3v) is 4.07. The van der Waals surface area contributed by atoms with Gasteiger partial charge in [0.05, 0.1) is 0 Å². The lowest BCUT2D eigenvalue weighted by atomic mass is 9.93. The molecule has 0 radical (unpaired) electrons.